The minimum absolute atomic E-state index is 0.170. The number of hydrogen-bond donors (Lipinski definition) is 2. The summed E-state index contributed by atoms with van der Waals surface area (Å²) in [6, 6.07) is 21.2. The van der Waals surface area contributed by atoms with Gasteiger partial charge in [0.05, 0.1) is 17.1 Å². The van der Waals surface area contributed by atoms with Gasteiger partial charge < -0.3 is 15.0 Å². The fraction of sp³-hybridized carbons (Fsp3) is 0.280. The molecule has 1 aliphatic rings. The fourth-order valence-corrected chi connectivity index (χ4v) is 4.12. The van der Waals surface area contributed by atoms with Crippen LogP contribution in [0, 0.1) is 0 Å². The molecule has 3 heterocycles. The molecule has 5 nitrogen and oxygen atoms in total. The highest BCUT2D eigenvalue weighted by molar-refractivity contribution is 5.74. The molecule has 2 N–H and O–H groups in total. The molecule has 5 rings (SSSR count). The number of aliphatic hydroxyl groups excluding tert-OH is 1. The number of piperidine rings is 1. The number of aliphatic hydroxyl groups is 1. The molecule has 0 aliphatic carbocycles. The maximum Gasteiger partial charge on any atom is 0.129 e. The van der Waals surface area contributed by atoms with E-state index in [0.29, 0.717) is 0 Å². The Labute approximate surface area is 176 Å². The third-order valence-corrected chi connectivity index (χ3v) is 5.91. The van der Waals surface area contributed by atoms with Gasteiger partial charge in [-0.3, -0.25) is 0 Å². The van der Waals surface area contributed by atoms with Gasteiger partial charge in [0.2, 0.25) is 0 Å². The van der Waals surface area contributed by atoms with E-state index in [1.54, 1.807) is 0 Å². The van der Waals surface area contributed by atoms with Crippen molar-refractivity contribution in [1.29, 1.82) is 0 Å². The highest BCUT2D eigenvalue weighted by Gasteiger charge is 2.18. The predicted molar refractivity (Wildman–Crippen MR) is 121 cm³/mol. The number of nitrogens with one attached hydrogen (secondary N) is 1. The number of pyridine rings is 1. The monoisotopic (exact) mass is 398 g/mol. The fourth-order valence-electron chi connectivity index (χ4n) is 4.12. The Morgan fingerprint density at radius 1 is 0.933 bits per heavy atom. The van der Waals surface area contributed by atoms with Crippen LogP contribution in [-0.2, 0) is 12.8 Å². The number of imidazole rings is 1. The number of H-pyrrole nitrogens is 1. The Bertz CT molecular complexity index is 1090. The number of fused-ring (bicyclic) bond motifs is 1. The summed E-state index contributed by atoms with van der Waals surface area (Å²) in [6.45, 7) is 1.72. The maximum absolute atomic E-state index is 9.73. The van der Waals surface area contributed by atoms with Crippen molar-refractivity contribution in [3.8, 4) is 11.1 Å². The van der Waals surface area contributed by atoms with Gasteiger partial charge in [-0.2, -0.15) is 0 Å². The lowest BCUT2D eigenvalue weighted by atomic mass is 10.0. The number of nitrogens with zero attached hydrogens (tertiary/aromatic N) is 3. The van der Waals surface area contributed by atoms with Gasteiger partial charge in [0.15, 0.2) is 0 Å². The maximum atomic E-state index is 9.73. The quantitative estimate of drug-likeness (QED) is 0.524. The molecule has 5 heteroatoms. The molecule has 1 aliphatic heterocycles. The van der Waals surface area contributed by atoms with E-state index in [1.165, 1.54) is 16.7 Å². The SMILES string of the molecule is OC1CCN(c2cc(-c3ccc(CCc4nc5ccccc5[nH]4)cc3)ccn2)CC1. The molecule has 0 bridgehead atoms. The van der Waals surface area contributed by atoms with E-state index in [0.717, 1.165) is 61.4 Å². The summed E-state index contributed by atoms with van der Waals surface area (Å²) in [5.41, 5.74) is 5.80. The molecular formula is C25H26N4O. The Morgan fingerprint density at radius 2 is 1.73 bits per heavy atom. The summed E-state index contributed by atoms with van der Waals surface area (Å²) in [4.78, 5) is 14.9. The predicted octanol–water partition coefficient (Wildman–Crippen LogP) is 4.37. The number of hydrogen-bond acceptors (Lipinski definition) is 4. The lowest BCUT2D eigenvalue weighted by Gasteiger charge is -2.30. The van der Waals surface area contributed by atoms with Gasteiger partial charge in [0.1, 0.15) is 11.6 Å². The minimum Gasteiger partial charge on any atom is -0.393 e. The van der Waals surface area contributed by atoms with E-state index in [-0.39, 0.29) is 6.10 Å². The molecule has 1 saturated heterocycles. The molecule has 0 saturated carbocycles. The van der Waals surface area contributed by atoms with Crippen molar-refractivity contribution in [2.24, 2.45) is 0 Å². The number of aryl methyl sites for hydroxylation is 2. The van der Waals surface area contributed by atoms with Gasteiger partial charge >= 0.3 is 0 Å². The first-order chi connectivity index (χ1) is 14.7. The van der Waals surface area contributed by atoms with E-state index >= 15 is 0 Å². The standard InChI is InChI=1S/C25H26N4O/c30-21-12-15-29(16-13-21)25-17-20(11-14-26-25)19-8-5-18(6-9-19)7-10-24-27-22-3-1-2-4-23(22)28-24/h1-6,8-9,11,14,17,21,30H,7,10,12-13,15-16H2,(H,27,28). The van der Waals surface area contributed by atoms with Crippen molar-refractivity contribution in [2.75, 3.05) is 18.0 Å². The molecule has 0 radical (unpaired) electrons. The van der Waals surface area contributed by atoms with E-state index < -0.39 is 0 Å². The Hall–Kier alpha value is -3.18. The van der Waals surface area contributed by atoms with Crippen LogP contribution in [0.25, 0.3) is 22.2 Å². The summed E-state index contributed by atoms with van der Waals surface area (Å²) in [7, 11) is 0. The van der Waals surface area contributed by atoms with Crippen LogP contribution in [0.15, 0.2) is 66.9 Å². The molecule has 0 atom stereocenters. The van der Waals surface area contributed by atoms with Crippen LogP contribution in [0.2, 0.25) is 0 Å². The van der Waals surface area contributed by atoms with Crippen molar-refractivity contribution in [1.82, 2.24) is 15.0 Å². The molecule has 30 heavy (non-hydrogen) atoms. The molecule has 0 amide bonds. The minimum atomic E-state index is -0.170. The second-order valence-corrected chi connectivity index (χ2v) is 8.02. The summed E-state index contributed by atoms with van der Waals surface area (Å²) in [6.07, 6.45) is 5.19. The Morgan fingerprint density at radius 3 is 2.53 bits per heavy atom. The number of benzene rings is 2. The first kappa shape index (κ1) is 18.8. The van der Waals surface area contributed by atoms with Crippen LogP contribution in [0.3, 0.4) is 0 Å². The Kier molecular flexibility index (Phi) is 5.20. The molecule has 2 aromatic carbocycles. The average molecular weight is 399 g/mol. The van der Waals surface area contributed by atoms with Gasteiger partial charge in [-0.25, -0.2) is 9.97 Å². The molecule has 1 fully saturated rings. The van der Waals surface area contributed by atoms with Crippen molar-refractivity contribution in [3.05, 3.63) is 78.2 Å². The Balaban J connectivity index is 1.26. The third kappa shape index (κ3) is 4.07. The highest BCUT2D eigenvalue weighted by Crippen LogP contribution is 2.25. The van der Waals surface area contributed by atoms with E-state index in [1.807, 2.05) is 24.4 Å². The molecule has 0 unspecified atom stereocenters. The zero-order valence-electron chi connectivity index (χ0n) is 17.0. The van der Waals surface area contributed by atoms with Crippen LogP contribution in [0.5, 0.6) is 0 Å². The molecule has 2 aromatic heterocycles. The summed E-state index contributed by atoms with van der Waals surface area (Å²) in [5.74, 6) is 2.03. The van der Waals surface area contributed by atoms with Crippen LogP contribution < -0.4 is 4.90 Å². The van der Waals surface area contributed by atoms with E-state index in [9.17, 15) is 5.11 Å². The van der Waals surface area contributed by atoms with Crippen molar-refractivity contribution in [2.45, 2.75) is 31.8 Å². The van der Waals surface area contributed by atoms with E-state index in [2.05, 4.69) is 62.3 Å². The summed E-state index contributed by atoms with van der Waals surface area (Å²) >= 11 is 0. The van der Waals surface area contributed by atoms with Crippen molar-refractivity contribution >= 4 is 16.9 Å². The van der Waals surface area contributed by atoms with Gasteiger partial charge in [-0.15, -0.1) is 0 Å². The zero-order chi connectivity index (χ0) is 20.3. The van der Waals surface area contributed by atoms with Crippen molar-refractivity contribution < 1.29 is 5.11 Å². The third-order valence-electron chi connectivity index (χ3n) is 5.91. The first-order valence-electron chi connectivity index (χ1n) is 10.7. The lowest BCUT2D eigenvalue weighted by Crippen LogP contribution is -2.36. The first-order valence-corrected chi connectivity index (χ1v) is 10.7. The second kappa shape index (κ2) is 8.28. The van der Waals surface area contributed by atoms with Crippen LogP contribution >= 0.6 is 0 Å². The van der Waals surface area contributed by atoms with Crippen LogP contribution in [0.4, 0.5) is 5.82 Å². The number of anilines is 1. The largest absolute Gasteiger partial charge is 0.393 e. The molecule has 152 valence electrons. The number of rotatable bonds is 5. The topological polar surface area (TPSA) is 65.0 Å². The van der Waals surface area contributed by atoms with Gasteiger partial charge in [-0.1, -0.05) is 36.4 Å². The number of aromatic nitrogens is 3. The average Bonchev–Trinajstić information content (AvgIpc) is 3.22. The number of aromatic amines is 1. The molecular weight excluding hydrogens is 372 g/mol. The lowest BCUT2D eigenvalue weighted by molar-refractivity contribution is 0.145. The van der Waals surface area contributed by atoms with Gasteiger partial charge in [0, 0.05) is 25.7 Å². The summed E-state index contributed by atoms with van der Waals surface area (Å²) < 4.78 is 0. The molecule has 0 spiro atoms. The van der Waals surface area contributed by atoms with Crippen molar-refractivity contribution in [3.63, 3.8) is 0 Å². The second-order valence-electron chi connectivity index (χ2n) is 8.02. The van der Waals surface area contributed by atoms with Crippen LogP contribution in [0.1, 0.15) is 24.2 Å². The smallest absolute Gasteiger partial charge is 0.129 e. The summed E-state index contributed by atoms with van der Waals surface area (Å²) in [5, 5.41) is 9.73. The molecule has 4 aromatic rings. The highest BCUT2D eigenvalue weighted by atomic mass is 16.3. The normalized spacial score (nSPS) is 15.0. The van der Waals surface area contributed by atoms with Gasteiger partial charge in [-0.05, 0) is 60.2 Å². The van der Waals surface area contributed by atoms with E-state index in [4.69, 9.17) is 0 Å². The van der Waals surface area contributed by atoms with Gasteiger partial charge in [0.25, 0.3) is 0 Å². The van der Waals surface area contributed by atoms with Crippen LogP contribution in [-0.4, -0.2) is 39.3 Å². The zero-order valence-corrected chi connectivity index (χ0v) is 17.0. The number of para-hydroxylation sites is 2.